The van der Waals surface area contributed by atoms with E-state index in [0.29, 0.717) is 0 Å². The van der Waals surface area contributed by atoms with Crippen LogP contribution in [-0.4, -0.2) is 30.3 Å². The Morgan fingerprint density at radius 1 is 0.762 bits per heavy atom. The Hall–Kier alpha value is -0.620. The van der Waals surface area contributed by atoms with Crippen molar-refractivity contribution in [3.8, 4) is 0 Å². The Bertz CT molecular complexity index is 408. The lowest BCUT2D eigenvalue weighted by Crippen LogP contribution is -2.46. The molecule has 0 bridgehead atoms. The van der Waals surface area contributed by atoms with E-state index in [1.807, 2.05) is 0 Å². The van der Waals surface area contributed by atoms with Crippen molar-refractivity contribution in [1.82, 2.24) is 6.15 Å². The zero-order valence-corrected chi connectivity index (χ0v) is 11.6. The van der Waals surface area contributed by atoms with Crippen LogP contribution in [0.2, 0.25) is 0 Å². The molecule has 0 radical (unpaired) electrons. The van der Waals surface area contributed by atoms with Gasteiger partial charge in [-0.1, -0.05) is 12.8 Å². The third kappa shape index (κ3) is 7.27. The highest BCUT2D eigenvalue weighted by atomic mass is 32.2. The zero-order valence-electron chi connectivity index (χ0n) is 10.8. The summed E-state index contributed by atoms with van der Waals surface area (Å²) in [6, 6.07) is 0. The van der Waals surface area contributed by atoms with Gasteiger partial charge in [0, 0.05) is 12.8 Å². The van der Waals surface area contributed by atoms with E-state index in [-0.39, 0.29) is 25.4 Å². The standard InChI is InChI=1S/C9H13F7O3S.H3N/c10-7(11,9(15,16)20(17,18)19)5-3-1-2-4-6-8(12,13)14;/h1-6H2,(H,17,18,19);1H3. The fourth-order valence-electron chi connectivity index (χ4n) is 1.36. The molecule has 0 aromatic carbocycles. The monoisotopic (exact) mass is 351 g/mol. The van der Waals surface area contributed by atoms with Crippen molar-refractivity contribution >= 4 is 10.1 Å². The molecule has 0 unspecified atom stereocenters. The second-order valence-corrected chi connectivity index (χ2v) is 5.69. The summed E-state index contributed by atoms with van der Waals surface area (Å²) in [5.74, 6) is -4.98. The topological polar surface area (TPSA) is 89.4 Å². The maximum Gasteiger partial charge on any atom is 0.431 e. The molecule has 0 rings (SSSR count). The minimum absolute atomic E-state index is 0. The molecule has 0 aliphatic heterocycles. The highest BCUT2D eigenvalue weighted by Crippen LogP contribution is 2.41. The molecule has 4 N–H and O–H groups in total. The molecule has 0 aliphatic carbocycles. The number of halogens is 7. The van der Waals surface area contributed by atoms with Crippen LogP contribution in [0.25, 0.3) is 0 Å². The molecule has 4 nitrogen and oxygen atoms in total. The fraction of sp³-hybridized carbons (Fsp3) is 1.00. The summed E-state index contributed by atoms with van der Waals surface area (Å²) in [7, 11) is -6.26. The molecule has 21 heavy (non-hydrogen) atoms. The average Bonchev–Trinajstić information content (AvgIpc) is 2.19. The normalized spacial score (nSPS) is 13.9. The smallest absolute Gasteiger partial charge is 0.344 e. The van der Waals surface area contributed by atoms with E-state index in [4.69, 9.17) is 4.55 Å². The first-order valence-corrected chi connectivity index (χ1v) is 6.94. The van der Waals surface area contributed by atoms with Gasteiger partial charge in [-0.05, 0) is 12.8 Å². The minimum atomic E-state index is -6.26. The number of alkyl halides is 7. The van der Waals surface area contributed by atoms with Crippen LogP contribution in [-0.2, 0) is 10.1 Å². The van der Waals surface area contributed by atoms with Gasteiger partial charge in [-0.2, -0.15) is 39.2 Å². The lowest BCUT2D eigenvalue weighted by Gasteiger charge is -2.23. The van der Waals surface area contributed by atoms with Crippen LogP contribution in [0.15, 0.2) is 0 Å². The van der Waals surface area contributed by atoms with E-state index in [0.717, 1.165) is 0 Å². The van der Waals surface area contributed by atoms with Crippen molar-refractivity contribution in [2.75, 3.05) is 0 Å². The van der Waals surface area contributed by atoms with Crippen LogP contribution in [0, 0.1) is 0 Å². The molecular weight excluding hydrogens is 335 g/mol. The van der Waals surface area contributed by atoms with E-state index >= 15 is 0 Å². The summed E-state index contributed by atoms with van der Waals surface area (Å²) in [5.41, 5.74) is 0. The van der Waals surface area contributed by atoms with Crippen LogP contribution < -0.4 is 6.15 Å². The highest BCUT2D eigenvalue weighted by Gasteiger charge is 2.64. The van der Waals surface area contributed by atoms with E-state index in [9.17, 15) is 39.2 Å². The summed E-state index contributed by atoms with van der Waals surface area (Å²) in [6.07, 6.45) is -8.24. The van der Waals surface area contributed by atoms with Gasteiger partial charge in [0.15, 0.2) is 0 Å². The molecule has 0 saturated carbocycles. The predicted molar refractivity (Wildman–Crippen MR) is 60.2 cm³/mol. The molecule has 0 aromatic rings. The molecule has 0 heterocycles. The Labute approximate surface area is 117 Å². The molecule has 0 aliphatic rings. The van der Waals surface area contributed by atoms with Gasteiger partial charge in [0.05, 0.1) is 0 Å². The van der Waals surface area contributed by atoms with Crippen molar-refractivity contribution in [3.63, 3.8) is 0 Å². The van der Waals surface area contributed by atoms with Crippen LogP contribution in [0.1, 0.15) is 38.5 Å². The first-order chi connectivity index (χ1) is 8.71. The van der Waals surface area contributed by atoms with E-state index in [2.05, 4.69) is 0 Å². The maximum atomic E-state index is 12.9. The second kappa shape index (κ2) is 7.58. The maximum absolute atomic E-state index is 12.9. The largest absolute Gasteiger partial charge is 0.431 e. The SMILES string of the molecule is N.O=S(=O)(O)C(F)(F)C(F)(F)CCCCCCC(F)(F)F. The Morgan fingerprint density at radius 3 is 1.48 bits per heavy atom. The van der Waals surface area contributed by atoms with Gasteiger partial charge in [0.1, 0.15) is 0 Å². The van der Waals surface area contributed by atoms with Gasteiger partial charge in [0.2, 0.25) is 0 Å². The third-order valence-electron chi connectivity index (χ3n) is 2.45. The Kier molecular flexibility index (Phi) is 8.18. The second-order valence-electron chi connectivity index (χ2n) is 4.23. The van der Waals surface area contributed by atoms with Gasteiger partial charge >= 0.3 is 27.5 Å². The minimum Gasteiger partial charge on any atom is -0.344 e. The van der Waals surface area contributed by atoms with Crippen molar-refractivity contribution in [2.24, 2.45) is 0 Å². The summed E-state index contributed by atoms with van der Waals surface area (Å²) < 4.78 is 115. The van der Waals surface area contributed by atoms with Crippen molar-refractivity contribution in [3.05, 3.63) is 0 Å². The summed E-state index contributed by atoms with van der Waals surface area (Å²) in [5, 5.41) is -5.62. The molecule has 0 aromatic heterocycles. The fourth-order valence-corrected chi connectivity index (χ4v) is 1.84. The lowest BCUT2D eigenvalue weighted by molar-refractivity contribution is -0.164. The van der Waals surface area contributed by atoms with Gasteiger partial charge in [0.25, 0.3) is 0 Å². The average molecular weight is 351 g/mol. The lowest BCUT2D eigenvalue weighted by atomic mass is 10.1. The number of hydrogen-bond donors (Lipinski definition) is 2. The number of rotatable bonds is 8. The highest BCUT2D eigenvalue weighted by molar-refractivity contribution is 7.87. The van der Waals surface area contributed by atoms with E-state index in [1.54, 1.807) is 0 Å². The van der Waals surface area contributed by atoms with Gasteiger partial charge in [-0.25, -0.2) is 0 Å². The van der Waals surface area contributed by atoms with Crippen molar-refractivity contribution < 1.29 is 43.7 Å². The molecule has 0 fully saturated rings. The van der Waals surface area contributed by atoms with Gasteiger partial charge in [-0.3, -0.25) is 4.55 Å². The van der Waals surface area contributed by atoms with Crippen LogP contribution >= 0.6 is 0 Å². The van der Waals surface area contributed by atoms with Gasteiger partial charge < -0.3 is 6.15 Å². The molecule has 0 amide bonds. The Morgan fingerprint density at radius 2 is 1.14 bits per heavy atom. The van der Waals surface area contributed by atoms with Crippen molar-refractivity contribution in [1.29, 1.82) is 0 Å². The van der Waals surface area contributed by atoms with Gasteiger partial charge in [-0.15, -0.1) is 0 Å². The summed E-state index contributed by atoms with van der Waals surface area (Å²) >= 11 is 0. The third-order valence-corrected chi connectivity index (χ3v) is 3.40. The Balaban J connectivity index is 0. The summed E-state index contributed by atoms with van der Waals surface area (Å²) in [6.45, 7) is 0. The molecule has 0 atom stereocenters. The first kappa shape index (κ1) is 22.7. The predicted octanol–water partition coefficient (Wildman–Crippen LogP) is 4.17. The molecule has 0 saturated heterocycles. The van der Waals surface area contributed by atoms with Crippen molar-refractivity contribution in [2.45, 2.75) is 55.9 Å². The first-order valence-electron chi connectivity index (χ1n) is 5.50. The van der Waals surface area contributed by atoms with E-state index in [1.165, 1.54) is 0 Å². The molecule has 130 valence electrons. The van der Waals surface area contributed by atoms with Crippen LogP contribution in [0.4, 0.5) is 30.7 Å². The number of unbranched alkanes of at least 4 members (excludes halogenated alkanes) is 3. The van der Waals surface area contributed by atoms with E-state index < -0.39 is 46.7 Å². The van der Waals surface area contributed by atoms with Crippen LogP contribution in [0.5, 0.6) is 0 Å². The quantitative estimate of drug-likeness (QED) is 0.390. The summed E-state index contributed by atoms with van der Waals surface area (Å²) in [4.78, 5) is 0. The van der Waals surface area contributed by atoms with Crippen LogP contribution in [0.3, 0.4) is 0 Å². The molecule has 12 heteroatoms. The molecule has 0 spiro atoms. The number of hydrogen-bond acceptors (Lipinski definition) is 3. The zero-order chi connectivity index (χ0) is 16.2. The molecular formula is C9H16F7NO3S.